The van der Waals surface area contributed by atoms with Crippen LogP contribution in [0, 0.1) is 0 Å². The third-order valence-electron chi connectivity index (χ3n) is 1.99. The van der Waals surface area contributed by atoms with E-state index >= 15 is 0 Å². The molecule has 0 aromatic carbocycles. The fourth-order valence-electron chi connectivity index (χ4n) is 0.867. The first-order valence-electron chi connectivity index (χ1n) is 8.84. The molecule has 0 aliphatic carbocycles. The molecule has 0 unspecified atom stereocenters. The molecule has 36 heavy (non-hydrogen) atoms. The Kier molecular flexibility index (Phi) is 59.2. The van der Waals surface area contributed by atoms with E-state index in [2.05, 4.69) is 18.9 Å². The normalized spacial score (nSPS) is 8.44. The molecule has 0 fully saturated rings. The van der Waals surface area contributed by atoms with Gasteiger partial charge < -0.3 is 70.8 Å². The second-order valence-electron chi connectivity index (χ2n) is 4.50. The summed E-state index contributed by atoms with van der Waals surface area (Å²) in [6.07, 6.45) is -7.96. The van der Waals surface area contributed by atoms with Gasteiger partial charge in [-0.05, 0) is 27.7 Å². The van der Waals surface area contributed by atoms with Crippen LogP contribution in [0.3, 0.4) is 0 Å². The molecular weight excluding hydrogens is 576 g/mol. The summed E-state index contributed by atoms with van der Waals surface area (Å²) in [4.78, 5) is 40.1. The Labute approximate surface area is 236 Å². The number of aliphatic hydroxyl groups is 8. The molecule has 216 valence electrons. The van der Waals surface area contributed by atoms with Crippen LogP contribution in [0.25, 0.3) is 0 Å². The molecule has 0 saturated heterocycles. The van der Waals surface area contributed by atoms with Crippen LogP contribution in [0.1, 0.15) is 27.7 Å². The maximum atomic E-state index is 10.0. The van der Waals surface area contributed by atoms with E-state index in [4.69, 9.17) is 40.9 Å². The van der Waals surface area contributed by atoms with Crippen LogP contribution in [-0.2, 0) is 81.6 Å². The molecule has 0 rings (SSSR count). The largest absolute Gasteiger partial charge is 0.462 e. The van der Waals surface area contributed by atoms with Crippen LogP contribution < -0.4 is 0 Å². The average molecular weight is 612 g/mol. The summed E-state index contributed by atoms with van der Waals surface area (Å²) in [5.41, 5.74) is 0. The summed E-state index contributed by atoms with van der Waals surface area (Å²) in [6, 6.07) is 0. The topological polar surface area (TPSA) is 330 Å². The van der Waals surface area contributed by atoms with E-state index < -0.39 is 49.0 Å². The Hall–Kier alpha value is -1.09. The standard InChI is InChI=1S/4C4H8O4.2H2O.2Ti/c4*1-2-8-4(7)3(5)6;;;;/h4*3,5-6H,2H2,1H3;2*1H2;;. The summed E-state index contributed by atoms with van der Waals surface area (Å²) in [5.74, 6) is -4.03. The quantitative estimate of drug-likeness (QED) is 0.0547. The molecule has 0 aliphatic rings. The minimum Gasteiger partial charge on any atom is -0.462 e. The summed E-state index contributed by atoms with van der Waals surface area (Å²) < 4.78 is 16.7. The van der Waals surface area contributed by atoms with Crippen molar-refractivity contribution in [1.29, 1.82) is 0 Å². The van der Waals surface area contributed by atoms with E-state index in [1.165, 1.54) is 0 Å². The monoisotopic (exact) mass is 612 g/mol. The van der Waals surface area contributed by atoms with E-state index in [-0.39, 0.29) is 80.8 Å². The van der Waals surface area contributed by atoms with Crippen molar-refractivity contribution in [1.82, 2.24) is 0 Å². The van der Waals surface area contributed by atoms with Gasteiger partial charge in [0.1, 0.15) is 0 Å². The van der Waals surface area contributed by atoms with Crippen LogP contribution in [0.5, 0.6) is 0 Å². The number of carbonyl (C=O) groups is 4. The molecule has 20 heteroatoms. The van der Waals surface area contributed by atoms with Crippen LogP contribution in [0.15, 0.2) is 0 Å². The second kappa shape index (κ2) is 38.4. The summed E-state index contributed by atoms with van der Waals surface area (Å²) in [5, 5.41) is 64.3. The molecule has 12 N–H and O–H groups in total. The van der Waals surface area contributed by atoms with Gasteiger partial charge >= 0.3 is 23.9 Å². The first-order chi connectivity index (χ1) is 14.7. The predicted octanol–water partition coefficient (Wildman–Crippen LogP) is -6.21. The van der Waals surface area contributed by atoms with Gasteiger partial charge in [-0.1, -0.05) is 0 Å². The molecule has 0 bridgehead atoms. The Balaban J connectivity index is -0.0000000467. The molecule has 0 spiro atoms. The van der Waals surface area contributed by atoms with E-state index in [1.807, 2.05) is 0 Å². The minimum atomic E-state index is -1.99. The van der Waals surface area contributed by atoms with Crippen molar-refractivity contribution in [2.24, 2.45) is 0 Å². The SMILES string of the molecule is CCOC(=O)C(O)O.CCOC(=O)C(O)O.CCOC(=O)C(O)O.CCOC(=O)C(O)O.O.O.[Ti].[Ti]. The summed E-state index contributed by atoms with van der Waals surface area (Å²) in [6.45, 7) is 6.99. The third-order valence-corrected chi connectivity index (χ3v) is 1.99. The maximum Gasteiger partial charge on any atom is 0.363 e. The van der Waals surface area contributed by atoms with Crippen LogP contribution in [0.2, 0.25) is 0 Å². The maximum absolute atomic E-state index is 10.0. The van der Waals surface area contributed by atoms with Gasteiger partial charge in [-0.25, -0.2) is 19.2 Å². The van der Waals surface area contributed by atoms with Crippen LogP contribution in [-0.4, -0.2) is 127 Å². The molecule has 18 nitrogen and oxygen atoms in total. The van der Waals surface area contributed by atoms with E-state index in [1.54, 1.807) is 27.7 Å². The van der Waals surface area contributed by atoms with Gasteiger partial charge in [-0.2, -0.15) is 0 Å². The van der Waals surface area contributed by atoms with Gasteiger partial charge in [0, 0.05) is 43.4 Å². The Morgan fingerprint density at radius 2 is 0.556 bits per heavy atom. The van der Waals surface area contributed by atoms with Gasteiger partial charge in [-0.3, -0.25) is 0 Å². The van der Waals surface area contributed by atoms with E-state index in [0.717, 1.165) is 0 Å². The average Bonchev–Trinajstić information content (AvgIpc) is 2.70. The number of ether oxygens (including phenoxy) is 4. The molecule has 0 saturated carbocycles. The van der Waals surface area contributed by atoms with Crippen molar-refractivity contribution >= 4 is 23.9 Å². The first kappa shape index (κ1) is 55.4. The molecule has 0 amide bonds. The van der Waals surface area contributed by atoms with Crippen molar-refractivity contribution in [3.8, 4) is 0 Å². The smallest absolute Gasteiger partial charge is 0.363 e. The predicted molar refractivity (Wildman–Crippen MR) is 107 cm³/mol. The van der Waals surface area contributed by atoms with Crippen molar-refractivity contribution in [2.45, 2.75) is 52.9 Å². The van der Waals surface area contributed by atoms with Crippen LogP contribution in [0.4, 0.5) is 0 Å². The number of carbonyl (C=O) groups excluding carboxylic acids is 4. The van der Waals surface area contributed by atoms with Crippen molar-refractivity contribution in [3.05, 3.63) is 0 Å². The number of hydrogen-bond donors (Lipinski definition) is 8. The molecule has 0 heterocycles. The second-order valence-corrected chi connectivity index (χ2v) is 4.50. The number of esters is 4. The van der Waals surface area contributed by atoms with Gasteiger partial charge in [0.15, 0.2) is 0 Å². The molecule has 0 atom stereocenters. The first-order valence-corrected chi connectivity index (χ1v) is 8.84. The third kappa shape index (κ3) is 46.3. The van der Waals surface area contributed by atoms with Gasteiger partial charge in [-0.15, -0.1) is 0 Å². The van der Waals surface area contributed by atoms with Crippen LogP contribution >= 0.6 is 0 Å². The van der Waals surface area contributed by atoms with Crippen molar-refractivity contribution in [2.75, 3.05) is 26.4 Å². The molecule has 0 aromatic heterocycles. The Bertz CT molecular complexity index is 413. The van der Waals surface area contributed by atoms with Crippen molar-refractivity contribution in [3.63, 3.8) is 0 Å². The Morgan fingerprint density at radius 1 is 0.444 bits per heavy atom. The van der Waals surface area contributed by atoms with Gasteiger partial charge in [0.05, 0.1) is 26.4 Å². The molecule has 0 aromatic rings. The molecule has 0 radical (unpaired) electrons. The van der Waals surface area contributed by atoms with E-state index in [9.17, 15) is 19.2 Å². The zero-order valence-corrected chi connectivity index (χ0v) is 23.1. The number of rotatable bonds is 8. The van der Waals surface area contributed by atoms with Crippen molar-refractivity contribution < 1.29 is 133 Å². The summed E-state index contributed by atoms with van der Waals surface area (Å²) >= 11 is 0. The zero-order chi connectivity index (χ0) is 26.3. The Morgan fingerprint density at radius 3 is 0.583 bits per heavy atom. The van der Waals surface area contributed by atoms with Gasteiger partial charge in [0.25, 0.3) is 25.2 Å². The van der Waals surface area contributed by atoms with Gasteiger partial charge in [0.2, 0.25) is 0 Å². The van der Waals surface area contributed by atoms with E-state index in [0.29, 0.717) is 0 Å². The molecular formula is C16H36O18Ti2. The zero-order valence-electron chi connectivity index (χ0n) is 20.0. The number of hydrogen-bond acceptors (Lipinski definition) is 16. The fraction of sp³-hybridized carbons (Fsp3) is 0.750. The number of aliphatic hydroxyl groups excluding tert-OH is 4. The fourth-order valence-corrected chi connectivity index (χ4v) is 0.867. The minimum absolute atomic E-state index is 0. The molecule has 0 aliphatic heterocycles. The summed E-state index contributed by atoms with van der Waals surface area (Å²) in [7, 11) is 0.